The molecule has 7 nitrogen and oxygen atoms in total. The van der Waals surface area contributed by atoms with Crippen LogP contribution < -0.4 is 18.9 Å². The van der Waals surface area contributed by atoms with Crippen molar-refractivity contribution in [1.82, 2.24) is 0 Å². The number of ether oxygens (including phenoxy) is 4. The van der Waals surface area contributed by atoms with Crippen LogP contribution in [0, 0.1) is 0 Å². The largest absolute Gasteiger partial charge is 0.497 e. The highest BCUT2D eigenvalue weighted by atomic mass is 16.7. The van der Waals surface area contributed by atoms with Gasteiger partial charge in [-0.05, 0) is 42.3 Å². The van der Waals surface area contributed by atoms with Gasteiger partial charge in [0.05, 0.1) is 39.7 Å². The lowest BCUT2D eigenvalue weighted by Crippen LogP contribution is -2.05. The number of hydrogen-bond donors (Lipinski definition) is 0. The summed E-state index contributed by atoms with van der Waals surface area (Å²) in [5, 5.41) is 3.96. The number of rotatable bonds is 9. The summed E-state index contributed by atoms with van der Waals surface area (Å²) in [6.07, 6.45) is 4.27. The topological polar surface area (TPSA) is 75.6 Å². The van der Waals surface area contributed by atoms with E-state index in [1.54, 1.807) is 13.2 Å². The summed E-state index contributed by atoms with van der Waals surface area (Å²) in [4.78, 5) is 17.5. The molecule has 0 atom stereocenters. The molecule has 154 valence electrons. The van der Waals surface area contributed by atoms with Crippen LogP contribution in [0.3, 0.4) is 0 Å². The Morgan fingerprint density at radius 2 is 1.55 bits per heavy atom. The van der Waals surface area contributed by atoms with E-state index in [0.29, 0.717) is 29.4 Å². The van der Waals surface area contributed by atoms with E-state index < -0.39 is 5.97 Å². The van der Waals surface area contributed by atoms with Crippen molar-refractivity contribution < 1.29 is 28.6 Å². The average molecular weight is 399 g/mol. The lowest BCUT2D eigenvalue weighted by atomic mass is 10.1. The van der Waals surface area contributed by atoms with Gasteiger partial charge < -0.3 is 23.8 Å². The number of hydrogen-bond acceptors (Lipinski definition) is 7. The molecule has 2 rings (SSSR count). The second-order valence-corrected chi connectivity index (χ2v) is 5.84. The Kier molecular flexibility index (Phi) is 8.09. The summed E-state index contributed by atoms with van der Waals surface area (Å²) in [7, 11) is 6.06. The van der Waals surface area contributed by atoms with Crippen molar-refractivity contribution in [2.45, 2.75) is 13.3 Å². The summed E-state index contributed by atoms with van der Waals surface area (Å²) >= 11 is 0. The van der Waals surface area contributed by atoms with E-state index >= 15 is 0 Å². The molecule has 2 aromatic rings. The van der Waals surface area contributed by atoms with Crippen LogP contribution in [0.5, 0.6) is 23.0 Å². The summed E-state index contributed by atoms with van der Waals surface area (Å²) in [5.74, 6) is 1.27. The molecule has 0 aliphatic carbocycles. The maximum atomic E-state index is 12.4. The summed E-state index contributed by atoms with van der Waals surface area (Å²) in [5.41, 5.74) is 1.82. The molecule has 0 N–H and O–H groups in total. The Morgan fingerprint density at radius 1 is 0.931 bits per heavy atom. The maximum absolute atomic E-state index is 12.4. The van der Waals surface area contributed by atoms with E-state index in [4.69, 9.17) is 23.8 Å². The SMILES string of the molecule is CCC(/C=C/c1ccc(OC)cc1)=N/OC(=O)c1cc(OC)c(OC)c(OC)c1. The minimum atomic E-state index is -0.631. The van der Waals surface area contributed by atoms with E-state index in [2.05, 4.69) is 5.16 Å². The van der Waals surface area contributed by atoms with Gasteiger partial charge in [-0.25, -0.2) is 4.79 Å². The van der Waals surface area contributed by atoms with E-state index in [1.807, 2.05) is 37.3 Å². The molecule has 0 saturated heterocycles. The van der Waals surface area contributed by atoms with Gasteiger partial charge in [-0.1, -0.05) is 30.3 Å². The fourth-order valence-corrected chi connectivity index (χ4v) is 2.47. The molecule has 0 radical (unpaired) electrons. The third-order valence-electron chi connectivity index (χ3n) is 4.09. The third kappa shape index (κ3) is 5.75. The Balaban J connectivity index is 2.15. The summed E-state index contributed by atoms with van der Waals surface area (Å²) in [6, 6.07) is 10.6. The Hall–Kier alpha value is -3.48. The molecule has 0 bridgehead atoms. The van der Waals surface area contributed by atoms with Crippen LogP contribution in [0.25, 0.3) is 6.08 Å². The van der Waals surface area contributed by atoms with Gasteiger partial charge in [0.25, 0.3) is 0 Å². The van der Waals surface area contributed by atoms with Crippen molar-refractivity contribution in [3.8, 4) is 23.0 Å². The lowest BCUT2D eigenvalue weighted by Gasteiger charge is -2.13. The molecule has 0 aliphatic heterocycles. The Labute approximate surface area is 170 Å². The Bertz CT molecular complexity index is 862. The van der Waals surface area contributed by atoms with Gasteiger partial charge in [0.1, 0.15) is 5.75 Å². The van der Waals surface area contributed by atoms with E-state index in [1.165, 1.54) is 33.5 Å². The van der Waals surface area contributed by atoms with Crippen LogP contribution in [0.2, 0.25) is 0 Å². The van der Waals surface area contributed by atoms with Crippen LogP contribution in [-0.2, 0) is 4.84 Å². The number of carbonyl (C=O) groups is 1. The zero-order chi connectivity index (χ0) is 21.2. The summed E-state index contributed by atoms with van der Waals surface area (Å²) in [6.45, 7) is 1.92. The van der Waals surface area contributed by atoms with Crippen molar-refractivity contribution in [2.75, 3.05) is 28.4 Å². The first-order valence-electron chi connectivity index (χ1n) is 8.96. The molecule has 29 heavy (non-hydrogen) atoms. The summed E-state index contributed by atoms with van der Waals surface area (Å²) < 4.78 is 20.9. The van der Waals surface area contributed by atoms with Gasteiger partial charge in [-0.15, -0.1) is 0 Å². The number of nitrogens with zero attached hydrogens (tertiary/aromatic N) is 1. The van der Waals surface area contributed by atoms with Gasteiger partial charge >= 0.3 is 5.97 Å². The second kappa shape index (κ2) is 10.8. The van der Waals surface area contributed by atoms with Crippen molar-refractivity contribution in [1.29, 1.82) is 0 Å². The third-order valence-corrected chi connectivity index (χ3v) is 4.09. The number of benzene rings is 2. The van der Waals surface area contributed by atoms with Gasteiger partial charge in [0.2, 0.25) is 5.75 Å². The molecule has 0 spiro atoms. The minimum Gasteiger partial charge on any atom is -0.497 e. The molecule has 0 aromatic heterocycles. The molecule has 0 aliphatic rings. The number of allylic oxidation sites excluding steroid dienone is 1. The molecule has 2 aromatic carbocycles. The zero-order valence-corrected chi connectivity index (χ0v) is 17.2. The van der Waals surface area contributed by atoms with Crippen molar-refractivity contribution >= 4 is 17.8 Å². The van der Waals surface area contributed by atoms with Crippen LogP contribution in [-0.4, -0.2) is 40.1 Å². The predicted molar refractivity (Wildman–Crippen MR) is 111 cm³/mol. The quantitative estimate of drug-likeness (QED) is 0.354. The average Bonchev–Trinajstić information content (AvgIpc) is 2.78. The first-order valence-corrected chi connectivity index (χ1v) is 8.96. The monoisotopic (exact) mass is 399 g/mol. The highest BCUT2D eigenvalue weighted by molar-refractivity contribution is 5.98. The van der Waals surface area contributed by atoms with Crippen LogP contribution in [0.1, 0.15) is 29.3 Å². The second-order valence-electron chi connectivity index (χ2n) is 5.84. The van der Waals surface area contributed by atoms with Crippen molar-refractivity contribution in [3.63, 3.8) is 0 Å². The van der Waals surface area contributed by atoms with Crippen LogP contribution in [0.4, 0.5) is 0 Å². The molecule has 0 heterocycles. The highest BCUT2D eigenvalue weighted by Gasteiger charge is 2.18. The first kappa shape index (κ1) is 21.8. The number of oxime groups is 1. The van der Waals surface area contributed by atoms with Gasteiger partial charge in [0.15, 0.2) is 11.5 Å². The van der Waals surface area contributed by atoms with Crippen LogP contribution >= 0.6 is 0 Å². The van der Waals surface area contributed by atoms with Crippen molar-refractivity contribution in [2.24, 2.45) is 5.16 Å². The van der Waals surface area contributed by atoms with E-state index in [-0.39, 0.29) is 5.56 Å². The molecular formula is C22H25NO6. The lowest BCUT2D eigenvalue weighted by molar-refractivity contribution is 0.0515. The normalized spacial score (nSPS) is 11.3. The fraction of sp³-hybridized carbons (Fsp3) is 0.273. The molecular weight excluding hydrogens is 374 g/mol. The zero-order valence-electron chi connectivity index (χ0n) is 17.2. The highest BCUT2D eigenvalue weighted by Crippen LogP contribution is 2.38. The number of methoxy groups -OCH3 is 4. The predicted octanol–water partition coefficient (Wildman–Crippen LogP) is 4.36. The molecule has 0 amide bonds. The fourth-order valence-electron chi connectivity index (χ4n) is 2.47. The molecule has 7 heteroatoms. The van der Waals surface area contributed by atoms with Gasteiger partial charge in [-0.3, -0.25) is 0 Å². The van der Waals surface area contributed by atoms with Crippen LogP contribution in [0.15, 0.2) is 47.6 Å². The Morgan fingerprint density at radius 3 is 2.03 bits per heavy atom. The smallest absolute Gasteiger partial charge is 0.366 e. The maximum Gasteiger partial charge on any atom is 0.366 e. The standard InChI is InChI=1S/C22H25NO6/c1-6-17(10-7-15-8-11-18(25-2)12-9-15)23-29-22(24)16-13-19(26-3)21(28-5)20(14-16)27-4/h7-14H,6H2,1-5H3/b10-7+,23-17-. The van der Waals surface area contributed by atoms with Gasteiger partial charge in [-0.2, -0.15) is 0 Å². The first-order chi connectivity index (χ1) is 14.1. The molecule has 0 saturated carbocycles. The van der Waals surface area contributed by atoms with E-state index in [9.17, 15) is 4.79 Å². The van der Waals surface area contributed by atoms with Crippen molar-refractivity contribution in [3.05, 3.63) is 53.6 Å². The van der Waals surface area contributed by atoms with Gasteiger partial charge in [0, 0.05) is 0 Å². The van der Waals surface area contributed by atoms with E-state index in [0.717, 1.165) is 11.3 Å². The molecule has 0 fully saturated rings. The molecule has 0 unspecified atom stereocenters. The number of carbonyl (C=O) groups excluding carboxylic acids is 1. The minimum absolute atomic E-state index is 0.234.